The second kappa shape index (κ2) is 12.0. The highest BCUT2D eigenvalue weighted by atomic mass is 35.5. The third-order valence-corrected chi connectivity index (χ3v) is 13.6. The summed E-state index contributed by atoms with van der Waals surface area (Å²) in [7, 11) is 0. The zero-order chi connectivity index (χ0) is 35.1. The highest BCUT2D eigenvalue weighted by Gasteiger charge is 2.50. The summed E-state index contributed by atoms with van der Waals surface area (Å²) in [4.78, 5) is 4.97. The molecule has 1 nitrogen and oxygen atoms in total. The lowest BCUT2D eigenvalue weighted by atomic mass is 9.67. The molecular formula is C49H30ClNS2. The van der Waals surface area contributed by atoms with Crippen molar-refractivity contribution in [1.29, 1.82) is 0 Å². The van der Waals surface area contributed by atoms with Crippen LogP contribution in [0.25, 0.3) is 42.4 Å². The van der Waals surface area contributed by atoms with Crippen LogP contribution in [0, 0.1) is 0 Å². The maximum absolute atomic E-state index is 6.89. The molecule has 0 N–H and O–H groups in total. The summed E-state index contributed by atoms with van der Waals surface area (Å²) in [5, 5.41) is 3.29. The fourth-order valence-electron chi connectivity index (χ4n) is 8.85. The molecule has 0 amide bonds. The molecule has 1 spiro atoms. The van der Waals surface area contributed by atoms with Crippen molar-refractivity contribution in [1.82, 2.24) is 0 Å². The van der Waals surface area contributed by atoms with Crippen LogP contribution >= 0.6 is 34.7 Å². The summed E-state index contributed by atoms with van der Waals surface area (Å²) in [5.74, 6) is 0. The lowest BCUT2D eigenvalue weighted by Gasteiger charge is -2.40. The molecule has 1 aromatic heterocycles. The minimum atomic E-state index is -0.534. The van der Waals surface area contributed by atoms with Gasteiger partial charge in [-0.05, 0) is 105 Å². The second-order valence-corrected chi connectivity index (χ2v) is 16.3. The Morgan fingerprint density at radius 1 is 0.472 bits per heavy atom. The maximum Gasteiger partial charge on any atom is 0.0736 e. The summed E-state index contributed by atoms with van der Waals surface area (Å²) in [5.41, 5.74) is 13.0. The average molecular weight is 732 g/mol. The van der Waals surface area contributed by atoms with Crippen molar-refractivity contribution >= 4 is 71.9 Å². The lowest BCUT2D eigenvalue weighted by Crippen LogP contribution is -2.32. The van der Waals surface area contributed by atoms with Crippen LogP contribution in [0.15, 0.2) is 192 Å². The number of anilines is 3. The SMILES string of the molecule is Clc1ccc2c(c1)C1(c3cc(N(c4ccccc4)c4ccc(-c5ccccc5)c5sc6ccccc6c45)ccc3S2)c2ccccc2-c2ccccc21. The van der Waals surface area contributed by atoms with Crippen LogP contribution in [0.4, 0.5) is 17.1 Å². The van der Waals surface area contributed by atoms with Gasteiger partial charge < -0.3 is 4.90 Å². The Labute approximate surface area is 321 Å². The normalized spacial score (nSPS) is 13.5. The molecule has 0 unspecified atom stereocenters. The maximum atomic E-state index is 6.89. The number of fused-ring (bicyclic) bond motifs is 12. The molecule has 0 saturated heterocycles. The van der Waals surface area contributed by atoms with Crippen molar-refractivity contribution in [3.63, 3.8) is 0 Å². The molecule has 53 heavy (non-hydrogen) atoms. The standard InChI is InChI=1S/C49H30ClNS2/c50-32-23-27-45-41(29-32)49(39-20-10-7-17-36(39)37-18-8-11-21-40(37)49)42-30-34(24-28-46(42)52-45)51(33-15-5-2-6-16-33)43-26-25-35(31-13-3-1-4-14-31)48-47(43)38-19-9-12-22-44(38)53-48/h1-30H. The molecule has 2 heterocycles. The number of thiophene rings is 1. The first kappa shape index (κ1) is 31.0. The second-order valence-electron chi connectivity index (χ2n) is 13.7. The molecule has 250 valence electrons. The van der Waals surface area contributed by atoms with E-state index in [0.29, 0.717) is 0 Å². The van der Waals surface area contributed by atoms with Gasteiger partial charge in [-0.15, -0.1) is 11.3 Å². The molecule has 4 heteroatoms. The van der Waals surface area contributed by atoms with Crippen LogP contribution in [0.5, 0.6) is 0 Å². The molecular weight excluding hydrogens is 702 g/mol. The number of para-hydroxylation sites is 1. The molecule has 1 aliphatic carbocycles. The van der Waals surface area contributed by atoms with Crippen molar-refractivity contribution < 1.29 is 0 Å². The van der Waals surface area contributed by atoms with Gasteiger partial charge in [-0.3, -0.25) is 0 Å². The first-order valence-electron chi connectivity index (χ1n) is 17.9. The monoisotopic (exact) mass is 731 g/mol. The molecule has 0 radical (unpaired) electrons. The third-order valence-electron chi connectivity index (χ3n) is 11.0. The van der Waals surface area contributed by atoms with E-state index in [1.54, 1.807) is 0 Å². The minimum Gasteiger partial charge on any atom is -0.310 e. The van der Waals surface area contributed by atoms with E-state index in [0.717, 1.165) is 22.1 Å². The first-order valence-corrected chi connectivity index (χ1v) is 19.9. The zero-order valence-corrected chi connectivity index (χ0v) is 30.9. The van der Waals surface area contributed by atoms with Gasteiger partial charge in [0.2, 0.25) is 0 Å². The Morgan fingerprint density at radius 3 is 1.85 bits per heavy atom. The molecule has 0 saturated carbocycles. The number of hydrogen-bond acceptors (Lipinski definition) is 3. The molecule has 0 atom stereocenters. The van der Waals surface area contributed by atoms with Gasteiger partial charge in [0, 0.05) is 46.4 Å². The van der Waals surface area contributed by atoms with Crippen LogP contribution in [-0.2, 0) is 5.41 Å². The van der Waals surface area contributed by atoms with E-state index in [1.807, 2.05) is 29.2 Å². The Morgan fingerprint density at radius 2 is 1.09 bits per heavy atom. The minimum absolute atomic E-state index is 0.534. The predicted molar refractivity (Wildman–Crippen MR) is 226 cm³/mol. The van der Waals surface area contributed by atoms with E-state index in [4.69, 9.17) is 11.6 Å². The zero-order valence-electron chi connectivity index (χ0n) is 28.5. The van der Waals surface area contributed by atoms with Gasteiger partial charge in [0.25, 0.3) is 0 Å². The van der Waals surface area contributed by atoms with E-state index < -0.39 is 5.41 Å². The van der Waals surface area contributed by atoms with E-state index in [1.165, 1.54) is 74.5 Å². The van der Waals surface area contributed by atoms with Gasteiger partial charge in [0.1, 0.15) is 0 Å². The van der Waals surface area contributed by atoms with Crippen molar-refractivity contribution in [3.8, 4) is 22.3 Å². The van der Waals surface area contributed by atoms with Crippen molar-refractivity contribution in [2.24, 2.45) is 0 Å². The molecule has 1 aliphatic heterocycles. The van der Waals surface area contributed by atoms with E-state index in [-0.39, 0.29) is 0 Å². The third kappa shape index (κ3) is 4.52. The average Bonchev–Trinajstić information content (AvgIpc) is 3.75. The Kier molecular flexibility index (Phi) is 7.00. The molecule has 11 rings (SSSR count). The first-order chi connectivity index (χ1) is 26.2. The molecule has 0 bridgehead atoms. The molecule has 8 aromatic carbocycles. The number of halogens is 1. The van der Waals surface area contributed by atoms with E-state index in [2.05, 4.69) is 181 Å². The van der Waals surface area contributed by atoms with Gasteiger partial charge in [0.05, 0.1) is 11.1 Å². The van der Waals surface area contributed by atoms with Crippen LogP contribution in [0.3, 0.4) is 0 Å². The van der Waals surface area contributed by atoms with Gasteiger partial charge >= 0.3 is 0 Å². The van der Waals surface area contributed by atoms with Crippen LogP contribution in [0.1, 0.15) is 22.3 Å². The fourth-order valence-corrected chi connectivity index (χ4v) is 11.4. The highest BCUT2D eigenvalue weighted by Crippen LogP contribution is 2.63. The van der Waals surface area contributed by atoms with Crippen molar-refractivity contribution in [2.75, 3.05) is 4.90 Å². The Hall–Kier alpha value is -5.58. The van der Waals surface area contributed by atoms with Crippen LogP contribution < -0.4 is 4.90 Å². The topological polar surface area (TPSA) is 3.24 Å². The number of benzene rings is 8. The quantitative estimate of drug-likeness (QED) is 0.177. The van der Waals surface area contributed by atoms with Gasteiger partial charge in [-0.25, -0.2) is 0 Å². The van der Waals surface area contributed by atoms with Gasteiger partial charge in [-0.2, -0.15) is 0 Å². The highest BCUT2D eigenvalue weighted by molar-refractivity contribution is 7.99. The van der Waals surface area contributed by atoms with E-state index in [9.17, 15) is 0 Å². The lowest BCUT2D eigenvalue weighted by molar-refractivity contribution is 0.722. The van der Waals surface area contributed by atoms with Crippen molar-refractivity contribution in [2.45, 2.75) is 15.2 Å². The van der Waals surface area contributed by atoms with Crippen LogP contribution in [0.2, 0.25) is 5.02 Å². The van der Waals surface area contributed by atoms with Gasteiger partial charge in [-0.1, -0.05) is 145 Å². The summed E-state index contributed by atoms with van der Waals surface area (Å²) < 4.78 is 2.58. The molecule has 2 aliphatic rings. The Balaban J connectivity index is 1.22. The smallest absolute Gasteiger partial charge is 0.0736 e. The van der Waals surface area contributed by atoms with Gasteiger partial charge in [0.15, 0.2) is 0 Å². The van der Waals surface area contributed by atoms with Crippen LogP contribution in [-0.4, -0.2) is 0 Å². The Bertz CT molecular complexity index is 2850. The number of nitrogens with zero attached hydrogens (tertiary/aromatic N) is 1. The number of rotatable bonds is 4. The fraction of sp³-hybridized carbons (Fsp3) is 0.0204. The summed E-state index contributed by atoms with van der Waals surface area (Å²) in [6.07, 6.45) is 0. The largest absolute Gasteiger partial charge is 0.310 e. The molecule has 9 aromatic rings. The summed E-state index contributed by atoms with van der Waals surface area (Å²) >= 11 is 10.6. The number of hydrogen-bond donors (Lipinski definition) is 0. The summed E-state index contributed by atoms with van der Waals surface area (Å²) in [6.45, 7) is 0. The van der Waals surface area contributed by atoms with E-state index >= 15 is 0 Å². The molecule has 0 fully saturated rings. The summed E-state index contributed by atoms with van der Waals surface area (Å²) in [6, 6.07) is 66.6. The van der Waals surface area contributed by atoms with Crippen molar-refractivity contribution in [3.05, 3.63) is 209 Å². The predicted octanol–water partition coefficient (Wildman–Crippen LogP) is 14.7.